The summed E-state index contributed by atoms with van der Waals surface area (Å²) in [5.74, 6) is 0.565. The molecular weight excluding hydrogens is 252 g/mol. The Labute approximate surface area is 120 Å². The van der Waals surface area contributed by atoms with Crippen molar-refractivity contribution in [1.82, 2.24) is 15.1 Å². The molecule has 0 radical (unpaired) electrons. The second kappa shape index (κ2) is 6.39. The van der Waals surface area contributed by atoms with Crippen LogP contribution in [0.4, 0.5) is 0 Å². The summed E-state index contributed by atoms with van der Waals surface area (Å²) >= 11 is 0. The number of nitrogens with two attached hydrogens (primary N) is 1. The maximum atomic E-state index is 12.5. The minimum atomic E-state index is -0.00319. The molecule has 0 aliphatic heterocycles. The molecule has 112 valence electrons. The van der Waals surface area contributed by atoms with Crippen molar-refractivity contribution in [2.24, 2.45) is 24.6 Å². The number of hydrogen-bond donors (Lipinski definition) is 2. The van der Waals surface area contributed by atoms with Crippen LogP contribution in [-0.2, 0) is 11.8 Å². The molecule has 2 rings (SSSR count). The number of carbonyl (C=O) groups excluding carboxylic acids is 1. The standard InChI is InChI=1S/C15H26N4O/c1-10(14-9-17-19(3)11(14)2)18-15(20)13-7-5-4-6-12(13)8-16/h9-10,12-13H,4-8,16H2,1-3H3,(H,18,20). The Bertz CT molecular complexity index is 468. The number of aromatic nitrogens is 2. The highest BCUT2D eigenvalue weighted by atomic mass is 16.2. The number of nitrogens with zero attached hydrogens (tertiary/aromatic N) is 2. The van der Waals surface area contributed by atoms with Crippen molar-refractivity contribution in [3.8, 4) is 0 Å². The van der Waals surface area contributed by atoms with Crippen LogP contribution in [0.2, 0.25) is 0 Å². The van der Waals surface area contributed by atoms with Crippen LogP contribution < -0.4 is 11.1 Å². The lowest BCUT2D eigenvalue weighted by Gasteiger charge is -2.30. The molecule has 3 unspecified atom stereocenters. The average Bonchev–Trinajstić information content (AvgIpc) is 2.79. The predicted octanol–water partition coefficient (Wildman–Crippen LogP) is 1.67. The Kier molecular flexibility index (Phi) is 4.81. The van der Waals surface area contributed by atoms with Gasteiger partial charge in [-0.25, -0.2) is 0 Å². The molecule has 20 heavy (non-hydrogen) atoms. The lowest BCUT2D eigenvalue weighted by molar-refractivity contribution is -0.128. The summed E-state index contributed by atoms with van der Waals surface area (Å²) in [6, 6.07) is -0.00319. The highest BCUT2D eigenvalue weighted by Crippen LogP contribution is 2.30. The van der Waals surface area contributed by atoms with Gasteiger partial charge in [-0.3, -0.25) is 9.48 Å². The van der Waals surface area contributed by atoms with Gasteiger partial charge in [0.2, 0.25) is 5.91 Å². The van der Waals surface area contributed by atoms with E-state index in [0.29, 0.717) is 12.5 Å². The molecule has 1 aromatic rings. The summed E-state index contributed by atoms with van der Waals surface area (Å²) in [5.41, 5.74) is 7.99. The topological polar surface area (TPSA) is 72.9 Å². The van der Waals surface area contributed by atoms with E-state index in [0.717, 1.165) is 30.5 Å². The van der Waals surface area contributed by atoms with Crippen molar-refractivity contribution in [2.75, 3.05) is 6.54 Å². The normalized spacial score (nSPS) is 24.4. The Morgan fingerprint density at radius 1 is 1.55 bits per heavy atom. The van der Waals surface area contributed by atoms with Gasteiger partial charge < -0.3 is 11.1 Å². The molecule has 1 fully saturated rings. The van der Waals surface area contributed by atoms with Gasteiger partial charge >= 0.3 is 0 Å². The fourth-order valence-electron chi connectivity index (χ4n) is 3.17. The summed E-state index contributed by atoms with van der Waals surface area (Å²) in [7, 11) is 1.92. The van der Waals surface area contributed by atoms with Crippen LogP contribution in [0.1, 0.15) is 49.9 Å². The molecule has 5 heteroatoms. The van der Waals surface area contributed by atoms with Gasteiger partial charge in [0.1, 0.15) is 0 Å². The highest BCUT2D eigenvalue weighted by Gasteiger charge is 2.30. The molecular formula is C15H26N4O. The molecule has 1 saturated carbocycles. The van der Waals surface area contributed by atoms with Crippen LogP contribution in [0.3, 0.4) is 0 Å². The van der Waals surface area contributed by atoms with E-state index >= 15 is 0 Å². The molecule has 1 heterocycles. The lowest BCUT2D eigenvalue weighted by atomic mass is 9.78. The summed E-state index contributed by atoms with van der Waals surface area (Å²) < 4.78 is 1.83. The van der Waals surface area contributed by atoms with Crippen LogP contribution in [-0.4, -0.2) is 22.2 Å². The monoisotopic (exact) mass is 278 g/mol. The van der Waals surface area contributed by atoms with Gasteiger partial charge in [0.25, 0.3) is 0 Å². The van der Waals surface area contributed by atoms with E-state index in [4.69, 9.17) is 5.73 Å². The van der Waals surface area contributed by atoms with E-state index in [9.17, 15) is 4.79 Å². The number of carbonyl (C=O) groups is 1. The van der Waals surface area contributed by atoms with Crippen LogP contribution >= 0.6 is 0 Å². The summed E-state index contributed by atoms with van der Waals surface area (Å²) in [4.78, 5) is 12.5. The molecule has 3 atom stereocenters. The number of hydrogen-bond acceptors (Lipinski definition) is 3. The first-order chi connectivity index (χ1) is 9.54. The zero-order chi connectivity index (χ0) is 14.7. The molecule has 3 N–H and O–H groups in total. The van der Waals surface area contributed by atoms with Crippen LogP contribution in [0, 0.1) is 18.8 Å². The van der Waals surface area contributed by atoms with Gasteiger partial charge in [-0.05, 0) is 39.2 Å². The molecule has 1 amide bonds. The average molecular weight is 278 g/mol. The first-order valence-corrected chi connectivity index (χ1v) is 7.53. The van der Waals surface area contributed by atoms with Crippen LogP contribution in [0.5, 0.6) is 0 Å². The molecule has 0 aromatic carbocycles. The minimum absolute atomic E-state index is 0.00319. The molecule has 0 bridgehead atoms. The summed E-state index contributed by atoms with van der Waals surface area (Å²) in [5, 5.41) is 7.37. The van der Waals surface area contributed by atoms with E-state index in [1.165, 1.54) is 6.42 Å². The Morgan fingerprint density at radius 3 is 2.85 bits per heavy atom. The third-order valence-corrected chi connectivity index (χ3v) is 4.65. The van der Waals surface area contributed by atoms with E-state index in [-0.39, 0.29) is 17.9 Å². The summed E-state index contributed by atoms with van der Waals surface area (Å²) in [6.45, 7) is 4.65. The van der Waals surface area contributed by atoms with Gasteiger partial charge in [-0.15, -0.1) is 0 Å². The molecule has 0 saturated heterocycles. The zero-order valence-corrected chi connectivity index (χ0v) is 12.7. The third-order valence-electron chi connectivity index (χ3n) is 4.65. The molecule has 0 spiro atoms. The fourth-order valence-corrected chi connectivity index (χ4v) is 3.17. The van der Waals surface area contributed by atoms with E-state index in [2.05, 4.69) is 10.4 Å². The highest BCUT2D eigenvalue weighted by molar-refractivity contribution is 5.79. The maximum absolute atomic E-state index is 12.5. The van der Waals surface area contributed by atoms with E-state index < -0.39 is 0 Å². The Balaban J connectivity index is 2.01. The van der Waals surface area contributed by atoms with Gasteiger partial charge in [0.05, 0.1) is 12.2 Å². The summed E-state index contributed by atoms with van der Waals surface area (Å²) in [6.07, 6.45) is 6.21. The number of amides is 1. The van der Waals surface area contributed by atoms with Crippen molar-refractivity contribution in [3.63, 3.8) is 0 Å². The van der Waals surface area contributed by atoms with Gasteiger partial charge in [-0.2, -0.15) is 5.10 Å². The molecule has 1 aliphatic rings. The van der Waals surface area contributed by atoms with Crippen molar-refractivity contribution in [3.05, 3.63) is 17.5 Å². The first kappa shape index (κ1) is 15.0. The number of rotatable bonds is 4. The van der Waals surface area contributed by atoms with E-state index in [1.807, 2.05) is 31.8 Å². The Hall–Kier alpha value is -1.36. The smallest absolute Gasteiger partial charge is 0.223 e. The SMILES string of the molecule is Cc1c(C(C)NC(=O)C2CCCCC2CN)cnn1C. The van der Waals surface area contributed by atoms with Crippen LogP contribution in [0.15, 0.2) is 6.20 Å². The maximum Gasteiger partial charge on any atom is 0.223 e. The zero-order valence-electron chi connectivity index (χ0n) is 12.7. The first-order valence-electron chi connectivity index (χ1n) is 7.53. The van der Waals surface area contributed by atoms with E-state index in [1.54, 1.807) is 0 Å². The third kappa shape index (κ3) is 3.03. The second-order valence-corrected chi connectivity index (χ2v) is 5.93. The Morgan fingerprint density at radius 2 is 2.25 bits per heavy atom. The minimum Gasteiger partial charge on any atom is -0.349 e. The molecule has 1 aliphatic carbocycles. The molecule has 1 aromatic heterocycles. The largest absolute Gasteiger partial charge is 0.349 e. The van der Waals surface area contributed by atoms with Gasteiger partial charge in [-0.1, -0.05) is 12.8 Å². The molecule has 5 nitrogen and oxygen atoms in total. The van der Waals surface area contributed by atoms with Gasteiger partial charge in [0.15, 0.2) is 0 Å². The van der Waals surface area contributed by atoms with Crippen LogP contribution in [0.25, 0.3) is 0 Å². The van der Waals surface area contributed by atoms with Crippen molar-refractivity contribution in [2.45, 2.75) is 45.6 Å². The van der Waals surface area contributed by atoms with Crippen molar-refractivity contribution >= 4 is 5.91 Å². The van der Waals surface area contributed by atoms with Gasteiger partial charge in [0, 0.05) is 24.2 Å². The predicted molar refractivity (Wildman–Crippen MR) is 79.0 cm³/mol. The van der Waals surface area contributed by atoms with Crippen molar-refractivity contribution < 1.29 is 4.79 Å². The lowest BCUT2D eigenvalue weighted by Crippen LogP contribution is -2.40. The fraction of sp³-hybridized carbons (Fsp3) is 0.733. The quantitative estimate of drug-likeness (QED) is 0.880. The number of aryl methyl sites for hydroxylation is 1. The second-order valence-electron chi connectivity index (χ2n) is 5.93. The van der Waals surface area contributed by atoms with Crippen molar-refractivity contribution in [1.29, 1.82) is 0 Å². The number of nitrogens with one attached hydrogen (secondary N) is 1.